The van der Waals surface area contributed by atoms with Gasteiger partial charge in [0, 0.05) is 16.7 Å². The van der Waals surface area contributed by atoms with E-state index in [1.165, 1.54) is 5.56 Å². The van der Waals surface area contributed by atoms with Gasteiger partial charge in [0.25, 0.3) is 5.84 Å². The van der Waals surface area contributed by atoms with Crippen molar-refractivity contribution < 1.29 is 26.3 Å². The molecule has 3 rings (SSSR count). The number of rotatable bonds is 2. The van der Waals surface area contributed by atoms with Crippen LogP contribution in [0.3, 0.4) is 0 Å². The first-order valence-electron chi connectivity index (χ1n) is 6.02. The molecule has 0 bridgehead atoms. The first-order chi connectivity index (χ1) is 9.20. The molecule has 1 aliphatic rings. The Morgan fingerprint density at radius 2 is 1.95 bits per heavy atom. The van der Waals surface area contributed by atoms with Crippen molar-refractivity contribution in [2.75, 3.05) is 7.11 Å². The van der Waals surface area contributed by atoms with Gasteiger partial charge in [-0.3, -0.25) is 5.73 Å². The maximum Gasteiger partial charge on any atom is 0.280 e. The molecule has 1 heterocycles. The number of hydrogen-bond donors (Lipinski definition) is 1. The van der Waals surface area contributed by atoms with Gasteiger partial charge in [-0.15, -0.1) is 0 Å². The molecule has 0 saturated heterocycles. The van der Waals surface area contributed by atoms with Gasteiger partial charge in [0.15, 0.2) is 11.4 Å². The second kappa shape index (κ2) is 5.85. The van der Waals surface area contributed by atoms with Gasteiger partial charge >= 0.3 is 0 Å². The average Bonchev–Trinajstić information content (AvgIpc) is 2.76. The van der Waals surface area contributed by atoms with E-state index in [0.29, 0.717) is 5.02 Å². The van der Waals surface area contributed by atoms with Crippen LogP contribution < -0.4 is 27.5 Å². The monoisotopic (exact) mass is 352 g/mol. The Balaban J connectivity index is 0.00000147. The van der Waals surface area contributed by atoms with Crippen molar-refractivity contribution >= 4 is 23.1 Å². The summed E-state index contributed by atoms with van der Waals surface area (Å²) >= 11 is 6.08. The molecular weight excluding hydrogens is 340 g/mol. The quantitative estimate of drug-likeness (QED) is 0.767. The van der Waals surface area contributed by atoms with Crippen LogP contribution in [0.4, 0.5) is 5.69 Å². The Bertz CT molecular complexity index is 685. The minimum atomic E-state index is 0. The van der Waals surface area contributed by atoms with Crippen LogP contribution in [-0.4, -0.2) is 17.5 Å². The Kier molecular flexibility index (Phi) is 4.35. The molecule has 104 valence electrons. The van der Waals surface area contributed by atoms with Crippen LogP contribution in [0.25, 0.3) is 0 Å². The highest BCUT2D eigenvalue weighted by Crippen LogP contribution is 2.33. The molecule has 0 aromatic heterocycles. The van der Waals surface area contributed by atoms with E-state index in [9.17, 15) is 0 Å². The molecular formula is C15H14BrClN2O. The predicted molar refractivity (Wildman–Crippen MR) is 76.4 cm³/mol. The molecule has 0 spiro atoms. The van der Waals surface area contributed by atoms with Crippen molar-refractivity contribution in [2.45, 2.75) is 6.54 Å². The maximum atomic E-state index is 6.24. The van der Waals surface area contributed by atoms with E-state index < -0.39 is 0 Å². The van der Waals surface area contributed by atoms with Crippen molar-refractivity contribution in [3.8, 4) is 5.75 Å². The Labute approximate surface area is 133 Å². The number of amidine groups is 1. The second-order valence-corrected chi connectivity index (χ2v) is 4.88. The lowest BCUT2D eigenvalue weighted by atomic mass is 10.1. The normalized spacial score (nSPS) is 12.9. The van der Waals surface area contributed by atoms with E-state index in [-0.39, 0.29) is 17.0 Å². The number of nitrogens with two attached hydrogens (primary N) is 1. The molecule has 2 aromatic carbocycles. The summed E-state index contributed by atoms with van der Waals surface area (Å²) in [5.41, 5.74) is 9.42. The molecule has 2 N–H and O–H groups in total. The molecule has 20 heavy (non-hydrogen) atoms. The lowest BCUT2D eigenvalue weighted by Gasteiger charge is -2.08. The summed E-state index contributed by atoms with van der Waals surface area (Å²) in [7, 11) is 1.64. The highest BCUT2D eigenvalue weighted by molar-refractivity contribution is 6.30. The highest BCUT2D eigenvalue weighted by atomic mass is 79.9. The molecule has 0 radical (unpaired) electrons. The molecule has 0 saturated carbocycles. The zero-order valence-corrected chi connectivity index (χ0v) is 13.3. The standard InChI is InChI=1S/C15H13ClN2O.BrH/c1-19-14-7-6-11(16)8-13(14)18-9-10-4-2-3-5-12(10)15(18)17;/h2-8,17H,9H2,1H3;1H. The number of benzene rings is 2. The minimum absolute atomic E-state index is 0. The topological polar surface area (TPSA) is 38.3 Å². The molecule has 0 amide bonds. The number of nitrogens with zero attached hydrogens (tertiary/aromatic N) is 1. The van der Waals surface area contributed by atoms with Crippen LogP contribution in [0.2, 0.25) is 5.02 Å². The lowest BCUT2D eigenvalue weighted by Crippen LogP contribution is -3.00. The summed E-state index contributed by atoms with van der Waals surface area (Å²) in [5.74, 6) is 1.50. The Morgan fingerprint density at radius 1 is 1.20 bits per heavy atom. The third kappa shape index (κ3) is 2.41. The number of ether oxygens (including phenoxy) is 1. The van der Waals surface area contributed by atoms with Crippen LogP contribution in [0.1, 0.15) is 11.1 Å². The smallest absolute Gasteiger partial charge is 0.280 e. The van der Waals surface area contributed by atoms with Crippen LogP contribution >= 0.6 is 11.6 Å². The number of methoxy groups -OCH3 is 1. The van der Waals surface area contributed by atoms with Crippen molar-refractivity contribution in [2.24, 2.45) is 5.73 Å². The zero-order chi connectivity index (χ0) is 13.4. The third-order valence-corrected chi connectivity index (χ3v) is 3.58. The highest BCUT2D eigenvalue weighted by Gasteiger charge is 2.27. The van der Waals surface area contributed by atoms with Crippen LogP contribution in [-0.2, 0) is 6.54 Å². The second-order valence-electron chi connectivity index (χ2n) is 4.44. The van der Waals surface area contributed by atoms with Crippen LogP contribution in [0.15, 0.2) is 42.5 Å². The summed E-state index contributed by atoms with van der Waals surface area (Å²) in [6.45, 7) is 0.735. The molecule has 0 aliphatic carbocycles. The third-order valence-electron chi connectivity index (χ3n) is 3.34. The Morgan fingerprint density at radius 3 is 2.65 bits per heavy atom. The van der Waals surface area contributed by atoms with Gasteiger partial charge < -0.3 is 21.7 Å². The fraction of sp³-hybridized carbons (Fsp3) is 0.133. The van der Waals surface area contributed by atoms with Crippen molar-refractivity contribution in [1.82, 2.24) is 0 Å². The van der Waals surface area contributed by atoms with Gasteiger partial charge in [0.2, 0.25) is 0 Å². The summed E-state index contributed by atoms with van der Waals surface area (Å²) < 4.78 is 7.41. The molecule has 5 heteroatoms. The summed E-state index contributed by atoms with van der Waals surface area (Å²) in [6.07, 6.45) is 0. The fourth-order valence-electron chi connectivity index (χ4n) is 2.40. The molecule has 0 unspecified atom stereocenters. The van der Waals surface area contributed by atoms with E-state index in [2.05, 4.69) is 6.07 Å². The van der Waals surface area contributed by atoms with Gasteiger partial charge in [0.1, 0.15) is 6.54 Å². The van der Waals surface area contributed by atoms with Gasteiger partial charge in [-0.25, -0.2) is 4.58 Å². The molecule has 0 atom stereocenters. The van der Waals surface area contributed by atoms with E-state index in [0.717, 1.165) is 29.4 Å². The average molecular weight is 354 g/mol. The first-order valence-corrected chi connectivity index (χ1v) is 6.40. The molecule has 1 aliphatic heterocycles. The predicted octanol–water partition coefficient (Wildman–Crippen LogP) is -0.0843. The number of halogens is 2. The maximum absolute atomic E-state index is 6.24. The minimum Gasteiger partial charge on any atom is -1.00 e. The SMILES string of the molecule is COc1ccc(Cl)cc1[N+]1=C(N)c2ccccc2C1.[Br-]. The van der Waals surface area contributed by atoms with Gasteiger partial charge in [0.05, 0.1) is 12.7 Å². The van der Waals surface area contributed by atoms with Gasteiger partial charge in [-0.05, 0) is 18.2 Å². The largest absolute Gasteiger partial charge is 1.00 e. The zero-order valence-electron chi connectivity index (χ0n) is 10.9. The lowest BCUT2D eigenvalue weighted by molar-refractivity contribution is -0.453. The van der Waals surface area contributed by atoms with E-state index in [1.54, 1.807) is 7.11 Å². The van der Waals surface area contributed by atoms with Crippen molar-refractivity contribution in [1.29, 1.82) is 0 Å². The Hall–Kier alpha value is -1.52. The summed E-state index contributed by atoms with van der Waals surface area (Å²) in [4.78, 5) is 0. The van der Waals surface area contributed by atoms with Crippen molar-refractivity contribution in [3.05, 3.63) is 58.6 Å². The fourth-order valence-corrected chi connectivity index (χ4v) is 2.56. The molecule has 0 fully saturated rings. The summed E-state index contributed by atoms with van der Waals surface area (Å²) in [6, 6.07) is 13.7. The van der Waals surface area contributed by atoms with Gasteiger partial charge in [-0.1, -0.05) is 29.8 Å². The first kappa shape index (κ1) is 14.9. The van der Waals surface area contributed by atoms with E-state index in [4.69, 9.17) is 22.1 Å². The summed E-state index contributed by atoms with van der Waals surface area (Å²) in [5, 5.41) is 0.666. The molecule has 3 nitrogen and oxygen atoms in total. The van der Waals surface area contributed by atoms with Crippen LogP contribution in [0, 0.1) is 0 Å². The van der Waals surface area contributed by atoms with Crippen molar-refractivity contribution in [3.63, 3.8) is 0 Å². The van der Waals surface area contributed by atoms with Crippen LogP contribution in [0.5, 0.6) is 5.75 Å². The number of fused-ring (bicyclic) bond motifs is 1. The van der Waals surface area contributed by atoms with Gasteiger partial charge in [-0.2, -0.15) is 0 Å². The van der Waals surface area contributed by atoms with E-state index >= 15 is 0 Å². The van der Waals surface area contributed by atoms with E-state index in [1.807, 2.05) is 41.0 Å². The number of hydrogen-bond acceptors (Lipinski definition) is 2. The molecule has 2 aromatic rings.